The van der Waals surface area contributed by atoms with Gasteiger partial charge in [-0.3, -0.25) is 4.79 Å². The quantitative estimate of drug-likeness (QED) is 0.751. The van der Waals surface area contributed by atoms with E-state index in [2.05, 4.69) is 5.32 Å². The van der Waals surface area contributed by atoms with Crippen molar-refractivity contribution in [2.45, 2.75) is 40.2 Å². The lowest BCUT2D eigenvalue weighted by Crippen LogP contribution is -2.30. The molecule has 0 spiro atoms. The first kappa shape index (κ1) is 19.0. The molecule has 0 radical (unpaired) electrons. The highest BCUT2D eigenvalue weighted by Crippen LogP contribution is 2.25. The highest BCUT2D eigenvalue weighted by molar-refractivity contribution is 7.14. The zero-order valence-corrected chi connectivity index (χ0v) is 15.7. The summed E-state index contributed by atoms with van der Waals surface area (Å²) in [6, 6.07) is 8.95. The molecule has 134 valence electrons. The van der Waals surface area contributed by atoms with Gasteiger partial charge in [-0.25, -0.2) is 4.79 Å². The Hall–Kier alpha value is -2.34. The highest BCUT2D eigenvalue weighted by Gasteiger charge is 2.21. The molecular formula is C19H23NO4S. The molecule has 5 nitrogen and oxygen atoms in total. The summed E-state index contributed by atoms with van der Waals surface area (Å²) in [7, 11) is 0. The molecular weight excluding hydrogens is 338 g/mol. The van der Waals surface area contributed by atoms with Gasteiger partial charge in [-0.15, -0.1) is 11.3 Å². The van der Waals surface area contributed by atoms with Crippen molar-refractivity contribution >= 4 is 28.9 Å². The number of ether oxygens (including phenoxy) is 2. The van der Waals surface area contributed by atoms with Crippen molar-refractivity contribution in [3.05, 3.63) is 45.6 Å². The monoisotopic (exact) mass is 361 g/mol. The van der Waals surface area contributed by atoms with Gasteiger partial charge < -0.3 is 14.8 Å². The topological polar surface area (TPSA) is 64.6 Å². The van der Waals surface area contributed by atoms with Crippen LogP contribution in [0.25, 0.3) is 0 Å². The number of carbonyl (C=O) groups is 2. The first-order chi connectivity index (χ1) is 12.0. The van der Waals surface area contributed by atoms with E-state index in [1.807, 2.05) is 26.8 Å². The van der Waals surface area contributed by atoms with Crippen LogP contribution in [-0.2, 0) is 16.0 Å². The van der Waals surface area contributed by atoms with Crippen LogP contribution in [0.15, 0.2) is 30.3 Å². The number of hydrogen-bond acceptors (Lipinski definition) is 5. The molecule has 2 aromatic rings. The highest BCUT2D eigenvalue weighted by atomic mass is 32.1. The minimum absolute atomic E-state index is 0.399. The summed E-state index contributed by atoms with van der Waals surface area (Å²) >= 11 is 1.41. The fourth-order valence-electron chi connectivity index (χ4n) is 2.33. The van der Waals surface area contributed by atoms with Crippen LogP contribution >= 0.6 is 11.3 Å². The Morgan fingerprint density at radius 1 is 1.24 bits per heavy atom. The summed E-state index contributed by atoms with van der Waals surface area (Å²) in [5.41, 5.74) is 1.62. The van der Waals surface area contributed by atoms with E-state index in [-0.39, 0.29) is 0 Å². The smallest absolute Gasteiger partial charge is 0.349 e. The number of amides is 1. The van der Waals surface area contributed by atoms with E-state index in [0.717, 1.165) is 16.9 Å². The maximum Gasteiger partial charge on any atom is 0.349 e. The molecule has 0 saturated heterocycles. The number of thiophene rings is 1. The van der Waals surface area contributed by atoms with Gasteiger partial charge in [0.05, 0.1) is 12.3 Å². The molecule has 0 aliphatic rings. The molecule has 0 aliphatic carbocycles. The number of hydrogen-bond donors (Lipinski definition) is 1. The maximum absolute atomic E-state index is 12.3. The van der Waals surface area contributed by atoms with Crippen LogP contribution in [0.3, 0.4) is 0 Å². The Morgan fingerprint density at radius 3 is 2.60 bits per heavy atom. The van der Waals surface area contributed by atoms with Crippen molar-refractivity contribution in [1.29, 1.82) is 0 Å². The summed E-state index contributed by atoms with van der Waals surface area (Å²) in [5, 5.41) is 2.74. The molecule has 1 atom stereocenters. The molecule has 1 unspecified atom stereocenters. The van der Waals surface area contributed by atoms with E-state index >= 15 is 0 Å². The van der Waals surface area contributed by atoms with Crippen LogP contribution in [0, 0.1) is 6.92 Å². The molecule has 6 heteroatoms. The second kappa shape index (κ2) is 8.67. The van der Waals surface area contributed by atoms with E-state index in [4.69, 9.17) is 9.47 Å². The molecule has 1 amide bonds. The summed E-state index contributed by atoms with van der Waals surface area (Å²) < 4.78 is 10.8. The molecule has 1 aromatic carbocycles. The predicted octanol–water partition coefficient (Wildman–Crippen LogP) is 4.20. The Morgan fingerprint density at radius 2 is 1.96 bits per heavy atom. The first-order valence-corrected chi connectivity index (χ1v) is 9.10. The average molecular weight is 361 g/mol. The van der Waals surface area contributed by atoms with Crippen molar-refractivity contribution < 1.29 is 19.1 Å². The normalized spacial score (nSPS) is 11.7. The molecule has 1 heterocycles. The van der Waals surface area contributed by atoms with Gasteiger partial charge in [0.2, 0.25) is 0 Å². The zero-order chi connectivity index (χ0) is 18.4. The number of esters is 1. The van der Waals surface area contributed by atoms with Crippen LogP contribution in [0.2, 0.25) is 0 Å². The number of carbonyl (C=O) groups excluding carboxylic acids is 2. The van der Waals surface area contributed by atoms with Gasteiger partial charge in [-0.05, 0) is 51.0 Å². The van der Waals surface area contributed by atoms with Crippen LogP contribution in [0.5, 0.6) is 5.75 Å². The number of anilines is 1. The first-order valence-electron chi connectivity index (χ1n) is 8.29. The fraction of sp³-hybridized carbons (Fsp3) is 0.368. The number of aryl methyl sites for hydroxylation is 2. The number of benzene rings is 1. The van der Waals surface area contributed by atoms with Gasteiger partial charge in [-0.2, -0.15) is 0 Å². The summed E-state index contributed by atoms with van der Waals surface area (Å²) in [5.74, 6) is -0.295. The number of rotatable bonds is 7. The van der Waals surface area contributed by atoms with Gasteiger partial charge in [0.1, 0.15) is 10.6 Å². The molecule has 0 fully saturated rings. The lowest BCUT2D eigenvalue weighted by molar-refractivity contribution is -0.123. The van der Waals surface area contributed by atoms with Gasteiger partial charge in [0.25, 0.3) is 5.91 Å². The molecule has 1 N–H and O–H groups in total. The molecule has 0 bridgehead atoms. The largest absolute Gasteiger partial charge is 0.492 e. The standard InChI is InChI=1S/C19H23NO4S/c1-5-16-12(3)11-17(25-16)19(22)24-13(4)18(21)20-14-9-7-8-10-15(14)23-6-2/h7-11,13H,5-6H2,1-4H3,(H,20,21). The average Bonchev–Trinajstić information content (AvgIpc) is 2.97. The van der Waals surface area contributed by atoms with Gasteiger partial charge in [0.15, 0.2) is 6.10 Å². The molecule has 2 rings (SSSR count). The van der Waals surface area contributed by atoms with E-state index in [1.165, 1.54) is 11.3 Å². The SMILES string of the molecule is CCOc1ccccc1NC(=O)C(C)OC(=O)c1cc(C)c(CC)s1. The lowest BCUT2D eigenvalue weighted by Gasteiger charge is -2.15. The van der Waals surface area contributed by atoms with Gasteiger partial charge >= 0.3 is 5.97 Å². The van der Waals surface area contributed by atoms with Crippen LogP contribution < -0.4 is 10.1 Å². The van der Waals surface area contributed by atoms with E-state index < -0.39 is 18.0 Å². The fourth-order valence-corrected chi connectivity index (χ4v) is 3.33. The van der Waals surface area contributed by atoms with Crippen molar-refractivity contribution in [2.24, 2.45) is 0 Å². The third kappa shape index (κ3) is 4.82. The number of para-hydroxylation sites is 2. The third-order valence-corrected chi connectivity index (χ3v) is 5.00. The molecule has 0 aliphatic heterocycles. The summed E-state index contributed by atoms with van der Waals surface area (Å²) in [6.07, 6.45) is -0.0386. The Kier molecular flexibility index (Phi) is 6.58. The van der Waals surface area contributed by atoms with Crippen LogP contribution in [-0.4, -0.2) is 24.6 Å². The van der Waals surface area contributed by atoms with E-state index in [9.17, 15) is 9.59 Å². The summed E-state index contributed by atoms with van der Waals surface area (Å²) in [4.78, 5) is 26.2. The molecule has 0 saturated carbocycles. The van der Waals surface area contributed by atoms with Crippen LogP contribution in [0.1, 0.15) is 40.9 Å². The maximum atomic E-state index is 12.3. The lowest BCUT2D eigenvalue weighted by atomic mass is 10.2. The van der Waals surface area contributed by atoms with Crippen molar-refractivity contribution in [3.63, 3.8) is 0 Å². The summed E-state index contributed by atoms with van der Waals surface area (Å²) in [6.45, 7) is 7.93. The van der Waals surface area contributed by atoms with Crippen molar-refractivity contribution in [2.75, 3.05) is 11.9 Å². The third-order valence-electron chi connectivity index (χ3n) is 3.64. The molecule has 1 aromatic heterocycles. The van der Waals surface area contributed by atoms with E-state index in [0.29, 0.717) is 22.9 Å². The predicted molar refractivity (Wildman–Crippen MR) is 99.6 cm³/mol. The zero-order valence-electron chi connectivity index (χ0n) is 14.9. The van der Waals surface area contributed by atoms with Gasteiger partial charge in [-0.1, -0.05) is 19.1 Å². The number of nitrogens with one attached hydrogen (secondary N) is 1. The Balaban J connectivity index is 2.01. The second-order valence-corrected chi connectivity index (χ2v) is 6.67. The Bertz CT molecular complexity index is 754. The van der Waals surface area contributed by atoms with Gasteiger partial charge in [0, 0.05) is 4.88 Å². The Labute approximate surface area is 152 Å². The molecule has 25 heavy (non-hydrogen) atoms. The second-order valence-electron chi connectivity index (χ2n) is 5.54. The van der Waals surface area contributed by atoms with E-state index in [1.54, 1.807) is 31.2 Å². The minimum Gasteiger partial charge on any atom is -0.492 e. The van der Waals surface area contributed by atoms with Crippen LogP contribution in [0.4, 0.5) is 5.69 Å². The minimum atomic E-state index is -0.908. The van der Waals surface area contributed by atoms with Crippen molar-refractivity contribution in [1.82, 2.24) is 0 Å². The van der Waals surface area contributed by atoms with Crippen molar-refractivity contribution in [3.8, 4) is 5.75 Å².